The van der Waals surface area contributed by atoms with E-state index in [-0.39, 0.29) is 15.7 Å². The van der Waals surface area contributed by atoms with Gasteiger partial charge in [0.2, 0.25) is 0 Å². The van der Waals surface area contributed by atoms with Gasteiger partial charge in [-0.3, -0.25) is 20.2 Å². The molecule has 6 nitrogen and oxygen atoms in total. The summed E-state index contributed by atoms with van der Waals surface area (Å²) in [7, 11) is 0. The van der Waals surface area contributed by atoms with Crippen molar-refractivity contribution in [3.8, 4) is 5.75 Å². The molecule has 2 rings (SSSR count). The molecule has 0 saturated carbocycles. The molecule has 0 bridgehead atoms. The van der Waals surface area contributed by atoms with Crippen LogP contribution in [-0.2, 0) is 4.79 Å². The molecule has 2 aromatic rings. The third-order valence-corrected chi connectivity index (χ3v) is 3.28. The van der Waals surface area contributed by atoms with E-state index >= 15 is 0 Å². The number of nitrogens with one attached hydrogen (secondary N) is 2. The molecule has 0 aliphatic heterocycles. The number of anilines is 2. The zero-order chi connectivity index (χ0) is 17.9. The summed E-state index contributed by atoms with van der Waals surface area (Å²) in [5.41, 5.74) is -0.300. The predicted molar refractivity (Wildman–Crippen MR) is 77.5 cm³/mol. The number of esters is 1. The summed E-state index contributed by atoms with van der Waals surface area (Å²) < 4.78 is 54.9. The molecule has 1 aromatic heterocycles. The van der Waals surface area contributed by atoms with Crippen LogP contribution in [0.15, 0.2) is 24.4 Å². The van der Waals surface area contributed by atoms with Crippen molar-refractivity contribution in [2.75, 3.05) is 10.6 Å². The van der Waals surface area contributed by atoms with Crippen LogP contribution in [0.2, 0.25) is 0 Å². The lowest BCUT2D eigenvalue weighted by Crippen LogP contribution is -2.19. The monoisotopic (exact) mass is 363 g/mol. The first-order valence-corrected chi connectivity index (χ1v) is 7.06. The summed E-state index contributed by atoms with van der Waals surface area (Å²) in [6, 6.07) is 3.40. The average Bonchev–Trinajstić information content (AvgIpc) is 2.85. The molecule has 1 aromatic carbocycles. The van der Waals surface area contributed by atoms with Crippen molar-refractivity contribution in [3.63, 3.8) is 0 Å². The van der Waals surface area contributed by atoms with Crippen LogP contribution in [0, 0.1) is 5.82 Å². The van der Waals surface area contributed by atoms with Crippen molar-refractivity contribution in [1.82, 2.24) is 4.98 Å². The van der Waals surface area contributed by atoms with E-state index in [4.69, 9.17) is 0 Å². The molecule has 11 heteroatoms. The van der Waals surface area contributed by atoms with Gasteiger partial charge in [0.15, 0.2) is 16.7 Å². The number of aromatic nitrogens is 1. The number of benzene rings is 1. The Morgan fingerprint density at radius 3 is 2.62 bits per heavy atom. The number of hydrogen-bond acceptors (Lipinski definition) is 6. The minimum absolute atomic E-state index is 0.148. The Morgan fingerprint density at radius 1 is 1.29 bits per heavy atom. The van der Waals surface area contributed by atoms with Crippen LogP contribution < -0.4 is 15.4 Å². The van der Waals surface area contributed by atoms with Crippen molar-refractivity contribution in [2.45, 2.75) is 13.2 Å². The molecule has 128 valence electrons. The van der Waals surface area contributed by atoms with Gasteiger partial charge in [0, 0.05) is 6.92 Å². The first kappa shape index (κ1) is 17.7. The lowest BCUT2D eigenvalue weighted by Gasteiger charge is -2.09. The summed E-state index contributed by atoms with van der Waals surface area (Å²) in [5, 5.41) is 2.96. The van der Waals surface area contributed by atoms with Crippen LogP contribution in [-0.4, -0.2) is 23.2 Å². The van der Waals surface area contributed by atoms with Gasteiger partial charge < -0.3 is 4.74 Å². The number of alkyl halides is 3. The maximum absolute atomic E-state index is 13.7. The topological polar surface area (TPSA) is 80.3 Å². The number of carbonyl (C=O) groups is 2. The van der Waals surface area contributed by atoms with Crippen LogP contribution >= 0.6 is 11.3 Å². The summed E-state index contributed by atoms with van der Waals surface area (Å²) >= 11 is 0.531. The molecule has 0 spiro atoms. The second-order valence-electron chi connectivity index (χ2n) is 4.32. The van der Waals surface area contributed by atoms with Crippen LogP contribution in [0.3, 0.4) is 0 Å². The van der Waals surface area contributed by atoms with Crippen molar-refractivity contribution in [3.05, 3.63) is 35.8 Å². The van der Waals surface area contributed by atoms with E-state index in [9.17, 15) is 27.2 Å². The van der Waals surface area contributed by atoms with E-state index in [0.29, 0.717) is 11.3 Å². The standard InChI is InChI=1S/C13H9F4N3O3S/c1-6(21)23-10-7(3-2-4-8(10)14)11(22)19-12-18-5-9(24-12)20-13(15,16)17/h2-5,20H,1H3,(H,18,19,22). The fraction of sp³-hybridized carbons (Fsp3) is 0.154. The fourth-order valence-electron chi connectivity index (χ4n) is 1.63. The molecular weight excluding hydrogens is 354 g/mol. The normalized spacial score (nSPS) is 11.0. The molecular formula is C13H9F4N3O3S. The van der Waals surface area contributed by atoms with Gasteiger partial charge in [0.05, 0.1) is 11.8 Å². The van der Waals surface area contributed by atoms with Crippen molar-refractivity contribution >= 4 is 33.3 Å². The van der Waals surface area contributed by atoms with Gasteiger partial charge in [-0.15, -0.1) is 0 Å². The van der Waals surface area contributed by atoms with E-state index in [1.165, 1.54) is 17.4 Å². The Hall–Kier alpha value is -2.69. The Kier molecular flexibility index (Phi) is 5.02. The smallest absolute Gasteiger partial charge is 0.423 e. The first-order chi connectivity index (χ1) is 11.2. The van der Waals surface area contributed by atoms with Gasteiger partial charge in [-0.05, 0) is 12.1 Å². The average molecular weight is 363 g/mol. The fourth-order valence-corrected chi connectivity index (χ4v) is 2.36. The van der Waals surface area contributed by atoms with Gasteiger partial charge in [0.1, 0.15) is 5.00 Å². The van der Waals surface area contributed by atoms with E-state index in [2.05, 4.69) is 15.0 Å². The van der Waals surface area contributed by atoms with Gasteiger partial charge >= 0.3 is 12.3 Å². The number of ether oxygens (including phenoxy) is 1. The van der Waals surface area contributed by atoms with Gasteiger partial charge in [0.25, 0.3) is 5.91 Å². The molecule has 0 fully saturated rings. The largest absolute Gasteiger partial charge is 0.483 e. The molecule has 1 amide bonds. The number of hydrogen-bond donors (Lipinski definition) is 2. The maximum Gasteiger partial charge on any atom is 0.483 e. The van der Waals surface area contributed by atoms with Crippen LogP contribution in [0.5, 0.6) is 5.75 Å². The first-order valence-electron chi connectivity index (χ1n) is 6.25. The maximum atomic E-state index is 13.7. The van der Waals surface area contributed by atoms with Crippen LogP contribution in [0.4, 0.5) is 27.7 Å². The molecule has 0 radical (unpaired) electrons. The van der Waals surface area contributed by atoms with Crippen LogP contribution in [0.1, 0.15) is 17.3 Å². The van der Waals surface area contributed by atoms with Crippen molar-refractivity contribution < 1.29 is 31.9 Å². The summed E-state index contributed by atoms with van der Waals surface area (Å²) in [5.74, 6) is -3.23. The zero-order valence-corrected chi connectivity index (χ0v) is 12.7. The molecule has 24 heavy (non-hydrogen) atoms. The molecule has 1 heterocycles. The van der Waals surface area contributed by atoms with Crippen molar-refractivity contribution in [1.29, 1.82) is 0 Å². The Bertz CT molecular complexity index is 776. The third-order valence-electron chi connectivity index (χ3n) is 2.45. The van der Waals surface area contributed by atoms with Gasteiger partial charge in [-0.2, -0.15) is 13.2 Å². The minimum atomic E-state index is -4.64. The Labute approximate surface area is 136 Å². The quantitative estimate of drug-likeness (QED) is 0.377. The van der Waals surface area contributed by atoms with Gasteiger partial charge in [-0.25, -0.2) is 9.37 Å². The number of carbonyl (C=O) groups excluding carboxylic acids is 2. The number of halogens is 4. The predicted octanol–water partition coefficient (Wildman–Crippen LogP) is 3.39. The third kappa shape index (κ3) is 4.65. The number of rotatable bonds is 4. The number of amides is 1. The van der Waals surface area contributed by atoms with E-state index < -0.39 is 29.7 Å². The zero-order valence-electron chi connectivity index (χ0n) is 11.9. The second-order valence-corrected chi connectivity index (χ2v) is 5.35. The lowest BCUT2D eigenvalue weighted by atomic mass is 10.2. The summed E-state index contributed by atoms with van der Waals surface area (Å²) in [6.45, 7) is 1.03. The SMILES string of the molecule is CC(=O)Oc1c(F)cccc1C(=O)Nc1ncc(NC(F)(F)F)s1. The summed E-state index contributed by atoms with van der Waals surface area (Å²) in [4.78, 5) is 26.7. The Balaban J connectivity index is 2.19. The highest BCUT2D eigenvalue weighted by molar-refractivity contribution is 7.19. The lowest BCUT2D eigenvalue weighted by molar-refractivity contribution is -0.132. The highest BCUT2D eigenvalue weighted by atomic mass is 32.1. The Morgan fingerprint density at radius 2 is 2.00 bits per heavy atom. The number of nitrogens with zero attached hydrogens (tertiary/aromatic N) is 1. The highest BCUT2D eigenvalue weighted by Crippen LogP contribution is 2.29. The molecule has 2 N–H and O–H groups in total. The second kappa shape index (κ2) is 6.83. The molecule has 0 unspecified atom stereocenters. The van der Waals surface area contributed by atoms with Crippen LogP contribution in [0.25, 0.3) is 0 Å². The number of para-hydroxylation sites is 1. The van der Waals surface area contributed by atoms with E-state index in [0.717, 1.165) is 19.2 Å². The molecule has 0 aliphatic rings. The van der Waals surface area contributed by atoms with E-state index in [1.54, 1.807) is 0 Å². The highest BCUT2D eigenvalue weighted by Gasteiger charge is 2.28. The minimum Gasteiger partial charge on any atom is -0.423 e. The van der Waals surface area contributed by atoms with Gasteiger partial charge in [-0.1, -0.05) is 17.4 Å². The van der Waals surface area contributed by atoms with E-state index in [1.807, 2.05) is 0 Å². The number of thiazole rings is 1. The van der Waals surface area contributed by atoms with Crippen molar-refractivity contribution in [2.24, 2.45) is 0 Å². The molecule has 0 atom stereocenters. The summed E-state index contributed by atoms with van der Waals surface area (Å²) in [6.07, 6.45) is -3.76. The molecule has 0 saturated heterocycles. The molecule has 0 aliphatic carbocycles.